The van der Waals surface area contributed by atoms with Crippen LogP contribution in [0.3, 0.4) is 0 Å². The maximum absolute atomic E-state index is 11.9. The van der Waals surface area contributed by atoms with E-state index in [1.54, 1.807) is 11.8 Å². The molecule has 2 unspecified atom stereocenters. The van der Waals surface area contributed by atoms with Crippen molar-refractivity contribution in [2.24, 2.45) is 0 Å². The summed E-state index contributed by atoms with van der Waals surface area (Å²) >= 11 is 1.59. The van der Waals surface area contributed by atoms with Gasteiger partial charge in [-0.1, -0.05) is 12.1 Å². The Labute approximate surface area is 154 Å². The molecule has 1 fully saturated rings. The summed E-state index contributed by atoms with van der Waals surface area (Å²) in [5.41, 5.74) is 1.79. The molecule has 2 atom stereocenters. The second-order valence-electron chi connectivity index (χ2n) is 6.52. The van der Waals surface area contributed by atoms with Crippen molar-refractivity contribution in [2.75, 3.05) is 31.9 Å². The molecule has 1 aromatic carbocycles. The maximum Gasteiger partial charge on any atom is 0.230 e. The van der Waals surface area contributed by atoms with Gasteiger partial charge >= 0.3 is 0 Å². The molecule has 1 heterocycles. The Morgan fingerprint density at radius 2 is 2.00 bits per heavy atom. The van der Waals surface area contributed by atoms with Crippen LogP contribution in [-0.4, -0.2) is 54.9 Å². The first kappa shape index (κ1) is 19.8. The lowest BCUT2D eigenvalue weighted by atomic mass is 10.2. The van der Waals surface area contributed by atoms with Gasteiger partial charge in [0.1, 0.15) is 0 Å². The van der Waals surface area contributed by atoms with Gasteiger partial charge < -0.3 is 10.1 Å². The first-order chi connectivity index (χ1) is 12.1. The van der Waals surface area contributed by atoms with Crippen molar-refractivity contribution >= 4 is 17.7 Å². The van der Waals surface area contributed by atoms with Crippen molar-refractivity contribution in [2.45, 2.75) is 38.2 Å². The molecular formula is C19H27N3O2S. The lowest BCUT2D eigenvalue weighted by Gasteiger charge is -2.35. The van der Waals surface area contributed by atoms with Gasteiger partial charge in [0.25, 0.3) is 0 Å². The lowest BCUT2D eigenvalue weighted by molar-refractivity contribution is -0.118. The fraction of sp³-hybridized carbons (Fsp3) is 0.579. The van der Waals surface area contributed by atoms with Crippen LogP contribution in [-0.2, 0) is 15.3 Å². The van der Waals surface area contributed by atoms with Gasteiger partial charge in [0, 0.05) is 31.9 Å². The summed E-state index contributed by atoms with van der Waals surface area (Å²) in [5, 5.41) is 11.8. The van der Waals surface area contributed by atoms with Crippen LogP contribution in [0.5, 0.6) is 0 Å². The number of thioether (sulfide) groups is 1. The van der Waals surface area contributed by atoms with E-state index >= 15 is 0 Å². The zero-order valence-corrected chi connectivity index (χ0v) is 15.8. The van der Waals surface area contributed by atoms with Crippen molar-refractivity contribution < 1.29 is 9.53 Å². The number of nitriles is 1. The monoisotopic (exact) mass is 361 g/mol. The number of carbonyl (C=O) groups is 1. The first-order valence-corrected chi connectivity index (χ1v) is 9.93. The van der Waals surface area contributed by atoms with Gasteiger partial charge in [0.15, 0.2) is 0 Å². The van der Waals surface area contributed by atoms with Crippen molar-refractivity contribution in [1.82, 2.24) is 10.2 Å². The lowest BCUT2D eigenvalue weighted by Crippen LogP contribution is -2.46. The molecule has 0 aromatic heterocycles. The van der Waals surface area contributed by atoms with Crippen molar-refractivity contribution in [3.63, 3.8) is 0 Å². The smallest absolute Gasteiger partial charge is 0.230 e. The Bertz CT molecular complexity index is 575. The Balaban J connectivity index is 1.54. The molecule has 0 spiro atoms. The zero-order chi connectivity index (χ0) is 18.1. The van der Waals surface area contributed by atoms with Crippen molar-refractivity contribution in [3.8, 4) is 6.07 Å². The average Bonchev–Trinajstić information content (AvgIpc) is 2.58. The molecule has 1 aliphatic rings. The van der Waals surface area contributed by atoms with Crippen LogP contribution in [0.25, 0.3) is 0 Å². The molecule has 1 aromatic rings. The number of hydrogen-bond donors (Lipinski definition) is 1. The molecule has 1 saturated heterocycles. The molecule has 2 rings (SSSR count). The van der Waals surface area contributed by atoms with Crippen molar-refractivity contribution in [3.05, 3.63) is 35.4 Å². The molecule has 0 radical (unpaired) electrons. The predicted molar refractivity (Wildman–Crippen MR) is 101 cm³/mol. The zero-order valence-electron chi connectivity index (χ0n) is 15.0. The van der Waals surface area contributed by atoms with E-state index in [9.17, 15) is 4.79 Å². The molecular weight excluding hydrogens is 334 g/mol. The number of nitrogens with zero attached hydrogens (tertiary/aromatic N) is 2. The highest BCUT2D eigenvalue weighted by Gasteiger charge is 2.21. The van der Waals surface area contributed by atoms with Crippen LogP contribution >= 0.6 is 11.8 Å². The third-order valence-electron chi connectivity index (χ3n) is 4.05. The summed E-state index contributed by atoms with van der Waals surface area (Å²) in [6.07, 6.45) is 1.54. The number of rotatable bonds is 8. The molecule has 6 heteroatoms. The summed E-state index contributed by atoms with van der Waals surface area (Å²) in [6, 6.07) is 9.60. The van der Waals surface area contributed by atoms with Crippen LogP contribution in [0.2, 0.25) is 0 Å². The van der Waals surface area contributed by atoms with Crippen molar-refractivity contribution in [1.29, 1.82) is 5.26 Å². The minimum atomic E-state index is 0.0855. The number of benzene rings is 1. The topological polar surface area (TPSA) is 65.4 Å². The number of ether oxygens (including phenoxy) is 1. The quantitative estimate of drug-likeness (QED) is 0.720. The molecule has 0 bridgehead atoms. The van der Waals surface area contributed by atoms with E-state index in [1.165, 1.54) is 0 Å². The van der Waals surface area contributed by atoms with E-state index in [1.807, 2.05) is 24.3 Å². The van der Waals surface area contributed by atoms with Gasteiger partial charge in [-0.3, -0.25) is 9.69 Å². The standard InChI is InChI=1S/C19H27N3O2S/c1-15-11-22(12-16(2)24-15)9-3-8-21-19(23)14-25-13-18-6-4-17(10-20)5-7-18/h4-7,15-16H,3,8-9,11-14H2,1-2H3,(H,21,23). The van der Waals surface area contributed by atoms with Crippen LogP contribution in [0.4, 0.5) is 0 Å². The van der Waals surface area contributed by atoms with Crippen LogP contribution in [0.1, 0.15) is 31.4 Å². The third-order valence-corrected chi connectivity index (χ3v) is 5.06. The van der Waals surface area contributed by atoms with E-state index < -0.39 is 0 Å². The summed E-state index contributed by atoms with van der Waals surface area (Å²) in [5.74, 6) is 1.33. The number of hydrogen-bond acceptors (Lipinski definition) is 5. The van der Waals surface area contributed by atoms with E-state index in [2.05, 4.69) is 30.1 Å². The molecule has 25 heavy (non-hydrogen) atoms. The van der Waals surface area contributed by atoms with Gasteiger partial charge in [-0.2, -0.15) is 5.26 Å². The van der Waals surface area contributed by atoms with E-state index in [4.69, 9.17) is 10.00 Å². The molecule has 0 saturated carbocycles. The highest BCUT2D eigenvalue weighted by atomic mass is 32.2. The van der Waals surface area contributed by atoms with Gasteiger partial charge in [-0.25, -0.2) is 0 Å². The number of amides is 1. The van der Waals surface area contributed by atoms with Gasteiger partial charge in [0.2, 0.25) is 5.91 Å². The summed E-state index contributed by atoms with van der Waals surface area (Å²) in [6.45, 7) is 7.87. The molecule has 1 aliphatic heterocycles. The van der Waals surface area contributed by atoms with E-state index in [0.717, 1.165) is 43.9 Å². The van der Waals surface area contributed by atoms with E-state index in [0.29, 0.717) is 11.3 Å². The minimum Gasteiger partial charge on any atom is -0.373 e. The Kier molecular flexibility index (Phi) is 8.26. The molecule has 1 amide bonds. The SMILES string of the molecule is CC1CN(CCCNC(=O)CSCc2ccc(C#N)cc2)CC(C)O1. The normalized spacial score (nSPS) is 20.8. The summed E-state index contributed by atoms with van der Waals surface area (Å²) in [4.78, 5) is 14.3. The molecule has 0 aliphatic carbocycles. The Hall–Kier alpha value is -1.55. The van der Waals surface area contributed by atoms with Crippen LogP contribution < -0.4 is 5.32 Å². The Morgan fingerprint density at radius 1 is 1.32 bits per heavy atom. The number of nitrogens with one attached hydrogen (secondary N) is 1. The fourth-order valence-electron chi connectivity index (χ4n) is 2.99. The molecule has 136 valence electrons. The largest absolute Gasteiger partial charge is 0.373 e. The number of carbonyl (C=O) groups excluding carboxylic acids is 1. The van der Waals surface area contributed by atoms with Gasteiger partial charge in [-0.15, -0.1) is 11.8 Å². The molecule has 1 N–H and O–H groups in total. The maximum atomic E-state index is 11.9. The highest BCUT2D eigenvalue weighted by molar-refractivity contribution is 7.99. The third kappa shape index (κ3) is 7.47. The number of morpholine rings is 1. The van der Waals surface area contributed by atoms with Gasteiger partial charge in [-0.05, 0) is 38.0 Å². The van der Waals surface area contributed by atoms with Crippen LogP contribution in [0, 0.1) is 11.3 Å². The van der Waals surface area contributed by atoms with Crippen LogP contribution in [0.15, 0.2) is 24.3 Å². The highest BCUT2D eigenvalue weighted by Crippen LogP contribution is 2.13. The molecule has 5 nitrogen and oxygen atoms in total. The fourth-order valence-corrected chi connectivity index (χ4v) is 3.80. The van der Waals surface area contributed by atoms with E-state index in [-0.39, 0.29) is 18.1 Å². The summed E-state index contributed by atoms with van der Waals surface area (Å²) < 4.78 is 5.72. The predicted octanol–water partition coefficient (Wildman–Crippen LogP) is 2.41. The minimum absolute atomic E-state index is 0.0855. The second-order valence-corrected chi connectivity index (χ2v) is 7.51. The average molecular weight is 362 g/mol. The Morgan fingerprint density at radius 3 is 2.64 bits per heavy atom. The first-order valence-electron chi connectivity index (χ1n) is 8.78. The second kappa shape index (κ2) is 10.4. The van der Waals surface area contributed by atoms with Gasteiger partial charge in [0.05, 0.1) is 29.6 Å². The summed E-state index contributed by atoms with van der Waals surface area (Å²) in [7, 11) is 0.